The van der Waals surface area contributed by atoms with Crippen LogP contribution >= 0.6 is 0 Å². The van der Waals surface area contributed by atoms with Crippen LogP contribution in [0.2, 0.25) is 0 Å². The topological polar surface area (TPSA) is 88.1 Å². The van der Waals surface area contributed by atoms with Gasteiger partial charge in [-0.25, -0.2) is 4.79 Å². The maximum absolute atomic E-state index is 12.2. The minimum atomic E-state index is -0.915. The molecule has 0 aromatic heterocycles. The fourth-order valence-electron chi connectivity index (χ4n) is 2.97. The lowest BCUT2D eigenvalue weighted by atomic mass is 9.92. The molecule has 0 spiro atoms. The maximum atomic E-state index is 12.2. The summed E-state index contributed by atoms with van der Waals surface area (Å²) in [5, 5.41) is 12.9. The summed E-state index contributed by atoms with van der Waals surface area (Å²) in [6.07, 6.45) is 0.0928. The molecule has 1 saturated heterocycles. The van der Waals surface area contributed by atoms with Crippen molar-refractivity contribution in [1.29, 1.82) is 0 Å². The highest BCUT2D eigenvalue weighted by atomic mass is 16.6. The smallest absolute Gasteiger partial charge is 0.410 e. The SMILES string of the molecule is COc1cccc(CN[C@H]2CCN(C(=O)OC(C)(C)C)C[C@H]2C(=O)O)c1. The summed E-state index contributed by atoms with van der Waals surface area (Å²) >= 11 is 0. The van der Waals surface area contributed by atoms with E-state index in [4.69, 9.17) is 9.47 Å². The number of ether oxygens (including phenoxy) is 2. The Kier molecular flexibility index (Phi) is 6.47. The number of methoxy groups -OCH3 is 1. The number of aliphatic carboxylic acids is 1. The normalized spacial score (nSPS) is 20.5. The summed E-state index contributed by atoms with van der Waals surface area (Å²) in [6.45, 7) is 6.53. The van der Waals surface area contributed by atoms with E-state index in [-0.39, 0.29) is 12.6 Å². The van der Waals surface area contributed by atoms with Crippen LogP contribution in [0, 0.1) is 5.92 Å². The van der Waals surface area contributed by atoms with Gasteiger partial charge in [-0.05, 0) is 44.9 Å². The van der Waals surface area contributed by atoms with Crippen LogP contribution in [-0.4, -0.2) is 53.9 Å². The van der Waals surface area contributed by atoms with Gasteiger partial charge >= 0.3 is 12.1 Å². The van der Waals surface area contributed by atoms with Crippen LogP contribution in [0.1, 0.15) is 32.8 Å². The van der Waals surface area contributed by atoms with E-state index < -0.39 is 23.6 Å². The quantitative estimate of drug-likeness (QED) is 0.835. The standard InChI is InChI=1S/C19H28N2O5/c1-19(2,3)26-18(24)21-9-8-16(15(12-21)17(22)23)20-11-13-6-5-7-14(10-13)25-4/h5-7,10,15-16,20H,8-9,11-12H2,1-4H3,(H,22,23)/t15-,16+/m1/s1. The van der Waals surface area contributed by atoms with E-state index in [1.807, 2.05) is 24.3 Å². The van der Waals surface area contributed by atoms with E-state index in [0.717, 1.165) is 11.3 Å². The number of piperidine rings is 1. The number of hydrogen-bond acceptors (Lipinski definition) is 5. The predicted octanol–water partition coefficient (Wildman–Crippen LogP) is 2.50. The molecule has 0 saturated carbocycles. The third-order valence-electron chi connectivity index (χ3n) is 4.28. The largest absolute Gasteiger partial charge is 0.497 e. The highest BCUT2D eigenvalue weighted by Gasteiger charge is 2.37. The first kappa shape index (κ1) is 20.0. The van der Waals surface area contributed by atoms with Crippen molar-refractivity contribution in [3.05, 3.63) is 29.8 Å². The van der Waals surface area contributed by atoms with E-state index >= 15 is 0 Å². The van der Waals surface area contributed by atoms with E-state index in [0.29, 0.717) is 19.5 Å². The number of carbonyl (C=O) groups is 2. The molecule has 26 heavy (non-hydrogen) atoms. The first-order valence-corrected chi connectivity index (χ1v) is 8.76. The Morgan fingerprint density at radius 3 is 2.69 bits per heavy atom. The number of rotatable bonds is 5. The molecule has 2 rings (SSSR count). The molecule has 1 amide bonds. The Hall–Kier alpha value is -2.28. The molecule has 1 aliphatic heterocycles. The van der Waals surface area contributed by atoms with Crippen LogP contribution in [0.15, 0.2) is 24.3 Å². The summed E-state index contributed by atoms with van der Waals surface area (Å²) in [5.41, 5.74) is 0.417. The zero-order valence-corrected chi connectivity index (χ0v) is 15.8. The Bertz CT molecular complexity index is 641. The molecule has 1 fully saturated rings. The molecule has 0 unspecified atom stereocenters. The van der Waals surface area contributed by atoms with Crippen molar-refractivity contribution in [2.75, 3.05) is 20.2 Å². The van der Waals surface area contributed by atoms with Gasteiger partial charge < -0.3 is 24.8 Å². The van der Waals surface area contributed by atoms with Crippen LogP contribution in [0.25, 0.3) is 0 Å². The van der Waals surface area contributed by atoms with Gasteiger partial charge in [-0.3, -0.25) is 4.79 Å². The number of benzene rings is 1. The van der Waals surface area contributed by atoms with Crippen LogP contribution in [0.5, 0.6) is 5.75 Å². The molecule has 7 heteroatoms. The van der Waals surface area contributed by atoms with Gasteiger partial charge in [0.25, 0.3) is 0 Å². The second-order valence-electron chi connectivity index (χ2n) is 7.50. The summed E-state index contributed by atoms with van der Waals surface area (Å²) < 4.78 is 10.6. The number of nitrogens with one attached hydrogen (secondary N) is 1. The number of hydrogen-bond donors (Lipinski definition) is 2. The van der Waals surface area contributed by atoms with E-state index in [9.17, 15) is 14.7 Å². The van der Waals surface area contributed by atoms with E-state index in [1.54, 1.807) is 27.9 Å². The van der Waals surface area contributed by atoms with Gasteiger partial charge in [0, 0.05) is 25.7 Å². The minimum absolute atomic E-state index is 0.139. The molecule has 144 valence electrons. The number of nitrogens with zero attached hydrogens (tertiary/aromatic N) is 1. The van der Waals surface area contributed by atoms with Crippen molar-refractivity contribution in [1.82, 2.24) is 10.2 Å². The summed E-state index contributed by atoms with van der Waals surface area (Å²) in [6, 6.07) is 7.43. The zero-order valence-electron chi connectivity index (χ0n) is 15.8. The number of likely N-dealkylation sites (tertiary alicyclic amines) is 1. The fraction of sp³-hybridized carbons (Fsp3) is 0.579. The van der Waals surface area contributed by atoms with Gasteiger partial charge in [0.1, 0.15) is 11.4 Å². The molecular weight excluding hydrogens is 336 g/mol. The maximum Gasteiger partial charge on any atom is 0.410 e. The van der Waals surface area contributed by atoms with Gasteiger partial charge in [0.05, 0.1) is 13.0 Å². The van der Waals surface area contributed by atoms with Gasteiger partial charge in [-0.1, -0.05) is 12.1 Å². The van der Waals surface area contributed by atoms with Crippen LogP contribution in [-0.2, 0) is 16.1 Å². The fourth-order valence-corrected chi connectivity index (χ4v) is 2.97. The molecule has 1 aromatic rings. The molecule has 2 atom stereocenters. The Labute approximate surface area is 154 Å². The lowest BCUT2D eigenvalue weighted by Crippen LogP contribution is -2.54. The monoisotopic (exact) mass is 364 g/mol. The van der Waals surface area contributed by atoms with E-state index in [2.05, 4.69) is 5.32 Å². The molecule has 2 N–H and O–H groups in total. The van der Waals surface area contributed by atoms with Crippen molar-refractivity contribution in [2.45, 2.75) is 45.4 Å². The third kappa shape index (κ3) is 5.62. The minimum Gasteiger partial charge on any atom is -0.497 e. The molecule has 0 bridgehead atoms. The highest BCUT2D eigenvalue weighted by molar-refractivity contribution is 5.74. The number of carboxylic acid groups (broad SMARTS) is 1. The van der Waals surface area contributed by atoms with Gasteiger partial charge in [-0.2, -0.15) is 0 Å². The molecule has 1 aliphatic rings. The van der Waals surface area contributed by atoms with Crippen molar-refractivity contribution >= 4 is 12.1 Å². The number of carboxylic acids is 1. The van der Waals surface area contributed by atoms with Crippen molar-refractivity contribution < 1.29 is 24.2 Å². The molecule has 1 aromatic carbocycles. The average molecular weight is 364 g/mol. The second-order valence-corrected chi connectivity index (χ2v) is 7.50. The molecule has 7 nitrogen and oxygen atoms in total. The Morgan fingerprint density at radius 1 is 1.35 bits per heavy atom. The van der Waals surface area contributed by atoms with Crippen molar-refractivity contribution in [2.24, 2.45) is 5.92 Å². The summed E-state index contributed by atoms with van der Waals surface area (Å²) in [4.78, 5) is 25.4. The Morgan fingerprint density at radius 2 is 2.08 bits per heavy atom. The first-order chi connectivity index (χ1) is 12.2. The molecular formula is C19H28N2O5. The predicted molar refractivity (Wildman–Crippen MR) is 97.2 cm³/mol. The average Bonchev–Trinajstić information content (AvgIpc) is 2.58. The van der Waals surface area contributed by atoms with E-state index in [1.165, 1.54) is 4.90 Å². The summed E-state index contributed by atoms with van der Waals surface area (Å²) in [7, 11) is 1.61. The van der Waals surface area contributed by atoms with Gasteiger partial charge in [0.2, 0.25) is 0 Å². The lowest BCUT2D eigenvalue weighted by molar-refractivity contribution is -0.144. The Balaban J connectivity index is 1.97. The number of carbonyl (C=O) groups excluding carboxylic acids is 1. The molecule has 1 heterocycles. The van der Waals surface area contributed by atoms with Crippen molar-refractivity contribution in [3.8, 4) is 5.75 Å². The summed E-state index contributed by atoms with van der Waals surface area (Å²) in [5.74, 6) is -0.831. The highest BCUT2D eigenvalue weighted by Crippen LogP contribution is 2.21. The van der Waals surface area contributed by atoms with Gasteiger partial charge in [-0.15, -0.1) is 0 Å². The third-order valence-corrected chi connectivity index (χ3v) is 4.28. The number of amides is 1. The van der Waals surface area contributed by atoms with Crippen LogP contribution in [0.3, 0.4) is 0 Å². The molecule has 0 radical (unpaired) electrons. The lowest BCUT2D eigenvalue weighted by Gasteiger charge is -2.37. The van der Waals surface area contributed by atoms with Gasteiger partial charge in [0.15, 0.2) is 0 Å². The second kappa shape index (κ2) is 8.40. The van der Waals surface area contributed by atoms with Crippen molar-refractivity contribution in [3.63, 3.8) is 0 Å². The molecule has 0 aliphatic carbocycles. The van der Waals surface area contributed by atoms with Crippen LogP contribution in [0.4, 0.5) is 4.79 Å². The first-order valence-electron chi connectivity index (χ1n) is 8.76. The van der Waals surface area contributed by atoms with Crippen LogP contribution < -0.4 is 10.1 Å². The zero-order chi connectivity index (χ0) is 19.3.